The van der Waals surface area contributed by atoms with E-state index in [1.165, 1.54) is 0 Å². The van der Waals surface area contributed by atoms with E-state index in [9.17, 15) is 4.79 Å². The van der Waals surface area contributed by atoms with E-state index < -0.39 is 0 Å². The summed E-state index contributed by atoms with van der Waals surface area (Å²) in [6.07, 6.45) is 3.03. The molecule has 1 amide bonds. The third kappa shape index (κ3) is 4.49. The molecule has 4 nitrogen and oxygen atoms in total. The van der Waals surface area contributed by atoms with Crippen LogP contribution in [0.25, 0.3) is 0 Å². The Balaban J connectivity index is 2.24. The lowest BCUT2D eigenvalue weighted by Crippen LogP contribution is -2.44. The minimum absolute atomic E-state index is 0.0261. The van der Waals surface area contributed by atoms with E-state index in [-0.39, 0.29) is 17.4 Å². The van der Waals surface area contributed by atoms with Gasteiger partial charge in [-0.25, -0.2) is 0 Å². The highest BCUT2D eigenvalue weighted by molar-refractivity contribution is 5.82. The van der Waals surface area contributed by atoms with Crippen molar-refractivity contribution in [1.82, 2.24) is 10.6 Å². The Kier molecular flexibility index (Phi) is 5.22. The Bertz CT molecular complexity index is 223. The molecule has 0 aromatic rings. The van der Waals surface area contributed by atoms with Crippen LogP contribution in [-0.4, -0.2) is 38.8 Å². The van der Waals surface area contributed by atoms with Gasteiger partial charge in [0.1, 0.15) is 0 Å². The van der Waals surface area contributed by atoms with Crippen LogP contribution in [0.5, 0.6) is 0 Å². The second-order valence-corrected chi connectivity index (χ2v) is 5.27. The van der Waals surface area contributed by atoms with Crippen molar-refractivity contribution in [1.29, 1.82) is 0 Å². The van der Waals surface area contributed by atoms with Gasteiger partial charge in [0.05, 0.1) is 6.04 Å². The topological polar surface area (TPSA) is 50.4 Å². The molecule has 0 radical (unpaired) electrons. The Hall–Kier alpha value is -0.610. The number of hydrogen-bond acceptors (Lipinski definition) is 3. The van der Waals surface area contributed by atoms with Crippen LogP contribution in [0.2, 0.25) is 0 Å². The summed E-state index contributed by atoms with van der Waals surface area (Å²) in [7, 11) is 1.71. The zero-order valence-corrected chi connectivity index (χ0v) is 10.6. The average molecular weight is 228 g/mol. The zero-order chi connectivity index (χ0) is 12.0. The van der Waals surface area contributed by atoms with Crippen molar-refractivity contribution in [2.75, 3.05) is 26.8 Å². The Labute approximate surface area is 98.1 Å². The molecule has 1 aliphatic heterocycles. The van der Waals surface area contributed by atoms with Gasteiger partial charge < -0.3 is 15.4 Å². The molecule has 4 heteroatoms. The van der Waals surface area contributed by atoms with Gasteiger partial charge in [0, 0.05) is 20.3 Å². The van der Waals surface area contributed by atoms with Gasteiger partial charge in [0.25, 0.3) is 0 Å². The van der Waals surface area contributed by atoms with Gasteiger partial charge >= 0.3 is 0 Å². The maximum absolute atomic E-state index is 11.8. The van der Waals surface area contributed by atoms with E-state index in [1.807, 2.05) is 0 Å². The maximum Gasteiger partial charge on any atom is 0.237 e. The van der Waals surface area contributed by atoms with Crippen LogP contribution < -0.4 is 10.6 Å². The van der Waals surface area contributed by atoms with Crippen LogP contribution in [0.1, 0.15) is 33.1 Å². The van der Waals surface area contributed by atoms with Gasteiger partial charge in [-0.05, 0) is 31.2 Å². The summed E-state index contributed by atoms with van der Waals surface area (Å²) in [5.41, 5.74) is 0.101. The molecule has 1 rings (SSSR count). The van der Waals surface area contributed by atoms with Crippen LogP contribution in [0, 0.1) is 5.41 Å². The van der Waals surface area contributed by atoms with Crippen LogP contribution in [-0.2, 0) is 9.53 Å². The van der Waals surface area contributed by atoms with Gasteiger partial charge in [0.15, 0.2) is 0 Å². The predicted octanol–water partition coefficient (Wildman–Crippen LogP) is 0.917. The Morgan fingerprint density at radius 3 is 2.88 bits per heavy atom. The van der Waals surface area contributed by atoms with E-state index >= 15 is 0 Å². The van der Waals surface area contributed by atoms with Crippen molar-refractivity contribution >= 4 is 5.91 Å². The average Bonchev–Trinajstić information content (AvgIpc) is 2.77. The summed E-state index contributed by atoms with van der Waals surface area (Å²) in [5, 5.41) is 6.22. The van der Waals surface area contributed by atoms with Crippen LogP contribution in [0.4, 0.5) is 0 Å². The molecule has 0 spiro atoms. The number of carbonyl (C=O) groups is 1. The number of hydrogen-bond donors (Lipinski definition) is 2. The summed E-state index contributed by atoms with van der Waals surface area (Å²) in [6, 6.07) is 0.0261. The highest BCUT2D eigenvalue weighted by Crippen LogP contribution is 2.18. The molecule has 16 heavy (non-hydrogen) atoms. The molecule has 1 fully saturated rings. The molecule has 1 saturated heterocycles. The summed E-state index contributed by atoms with van der Waals surface area (Å²) in [6.45, 7) is 6.71. The lowest BCUT2D eigenvalue weighted by molar-refractivity contribution is -0.123. The van der Waals surface area contributed by atoms with Gasteiger partial charge in [-0.2, -0.15) is 0 Å². The van der Waals surface area contributed by atoms with Gasteiger partial charge in [-0.3, -0.25) is 4.79 Å². The minimum Gasteiger partial charge on any atom is -0.385 e. The zero-order valence-electron chi connectivity index (χ0n) is 10.6. The summed E-state index contributed by atoms with van der Waals surface area (Å²) in [5.74, 6) is 0.142. The van der Waals surface area contributed by atoms with Crippen LogP contribution in [0.15, 0.2) is 0 Å². The molecule has 0 saturated carbocycles. The number of methoxy groups -OCH3 is 1. The summed E-state index contributed by atoms with van der Waals surface area (Å²) < 4.78 is 5.06. The van der Waals surface area contributed by atoms with Crippen molar-refractivity contribution < 1.29 is 9.53 Å². The van der Waals surface area contributed by atoms with Crippen molar-refractivity contribution in [2.45, 2.75) is 39.2 Å². The quantitative estimate of drug-likeness (QED) is 0.710. The van der Waals surface area contributed by atoms with Crippen LogP contribution in [0.3, 0.4) is 0 Å². The fraction of sp³-hybridized carbons (Fsp3) is 0.917. The molecule has 0 aliphatic carbocycles. The molecule has 1 aliphatic rings. The molecule has 94 valence electrons. The molecule has 0 unspecified atom stereocenters. The standard InChI is InChI=1S/C12H24N2O2/c1-12(2,6-8-16-3)9-14-11(15)10-5-4-7-13-10/h10,13H,4-9H2,1-3H3,(H,14,15)/t10-/m0/s1. The monoisotopic (exact) mass is 228 g/mol. The van der Waals surface area contributed by atoms with E-state index in [0.29, 0.717) is 6.54 Å². The van der Waals surface area contributed by atoms with Crippen molar-refractivity contribution in [3.63, 3.8) is 0 Å². The van der Waals surface area contributed by atoms with Gasteiger partial charge in [-0.15, -0.1) is 0 Å². The van der Waals surface area contributed by atoms with E-state index in [2.05, 4.69) is 24.5 Å². The first kappa shape index (κ1) is 13.5. The largest absolute Gasteiger partial charge is 0.385 e. The van der Waals surface area contributed by atoms with Crippen molar-refractivity contribution in [3.8, 4) is 0 Å². The fourth-order valence-electron chi connectivity index (χ4n) is 1.82. The van der Waals surface area contributed by atoms with Crippen molar-refractivity contribution in [3.05, 3.63) is 0 Å². The lowest BCUT2D eigenvalue weighted by atomic mass is 9.89. The maximum atomic E-state index is 11.8. The predicted molar refractivity (Wildman–Crippen MR) is 64.3 cm³/mol. The van der Waals surface area contributed by atoms with Crippen molar-refractivity contribution in [2.24, 2.45) is 5.41 Å². The van der Waals surface area contributed by atoms with E-state index in [4.69, 9.17) is 4.74 Å². The molecule has 1 heterocycles. The molecule has 1 atom stereocenters. The number of carbonyl (C=O) groups excluding carboxylic acids is 1. The first-order valence-electron chi connectivity index (χ1n) is 6.05. The SMILES string of the molecule is COCCC(C)(C)CNC(=O)[C@@H]1CCCN1. The number of ether oxygens (including phenoxy) is 1. The summed E-state index contributed by atoms with van der Waals surface area (Å²) >= 11 is 0. The van der Waals surface area contributed by atoms with E-state index in [0.717, 1.165) is 32.4 Å². The minimum atomic E-state index is 0.0261. The molecular formula is C12H24N2O2. The highest BCUT2D eigenvalue weighted by atomic mass is 16.5. The third-order valence-corrected chi connectivity index (χ3v) is 3.10. The Morgan fingerprint density at radius 2 is 2.31 bits per heavy atom. The molecule has 0 bridgehead atoms. The van der Waals surface area contributed by atoms with E-state index in [1.54, 1.807) is 7.11 Å². The number of rotatable bonds is 6. The van der Waals surface area contributed by atoms with Gasteiger partial charge in [0.2, 0.25) is 5.91 Å². The summed E-state index contributed by atoms with van der Waals surface area (Å²) in [4.78, 5) is 11.8. The normalized spacial score (nSPS) is 21.1. The molecule has 0 aromatic heterocycles. The second-order valence-electron chi connectivity index (χ2n) is 5.27. The second kappa shape index (κ2) is 6.21. The smallest absolute Gasteiger partial charge is 0.237 e. The lowest BCUT2D eigenvalue weighted by Gasteiger charge is -2.25. The third-order valence-electron chi connectivity index (χ3n) is 3.10. The van der Waals surface area contributed by atoms with Crippen LogP contribution >= 0.6 is 0 Å². The molecular weight excluding hydrogens is 204 g/mol. The number of nitrogens with one attached hydrogen (secondary N) is 2. The highest BCUT2D eigenvalue weighted by Gasteiger charge is 2.24. The molecule has 0 aromatic carbocycles. The fourth-order valence-corrected chi connectivity index (χ4v) is 1.82. The number of amides is 1. The van der Waals surface area contributed by atoms with Gasteiger partial charge in [-0.1, -0.05) is 13.8 Å². The molecule has 2 N–H and O–H groups in total. The Morgan fingerprint density at radius 1 is 1.56 bits per heavy atom. The first-order valence-corrected chi connectivity index (χ1v) is 6.05. The first-order chi connectivity index (χ1) is 7.55.